The van der Waals surface area contributed by atoms with Crippen LogP contribution in [-0.4, -0.2) is 56.7 Å². The quantitative estimate of drug-likeness (QED) is 0.0810. The molecular weight excluding hydrogens is 570 g/mol. The minimum atomic E-state index is -2.94. The molecule has 1 aliphatic rings. The van der Waals surface area contributed by atoms with Gasteiger partial charge in [-0.2, -0.15) is 0 Å². The van der Waals surface area contributed by atoms with Crippen molar-refractivity contribution in [1.82, 2.24) is 0 Å². The van der Waals surface area contributed by atoms with E-state index in [9.17, 15) is 14.7 Å². The van der Waals surface area contributed by atoms with Crippen molar-refractivity contribution in [3.05, 3.63) is 48.0 Å². The molecule has 0 amide bonds. The minimum absolute atomic E-state index is 0.179. The summed E-state index contributed by atoms with van der Waals surface area (Å²) in [6.07, 6.45) is 5.52. The van der Waals surface area contributed by atoms with Crippen LogP contribution in [0.2, 0.25) is 18.1 Å². The number of hydrogen-bond donors (Lipinski definition) is 1. The van der Waals surface area contributed by atoms with Gasteiger partial charge in [0.15, 0.2) is 8.32 Å². The van der Waals surface area contributed by atoms with Gasteiger partial charge in [-0.05, 0) is 68.3 Å². The Balaban J connectivity index is 2.18. The van der Waals surface area contributed by atoms with Crippen molar-refractivity contribution in [3.63, 3.8) is 0 Å². The number of allylic oxidation sites excluding steroid dienone is 2. The predicted molar refractivity (Wildman–Crippen MR) is 169 cm³/mol. The number of aliphatic hydroxyl groups is 1. The molecule has 1 aliphatic carbocycles. The summed E-state index contributed by atoms with van der Waals surface area (Å²) in [6.45, 7) is 11.9. The summed E-state index contributed by atoms with van der Waals surface area (Å²) < 4.78 is 47.7. The first-order valence-electron chi connectivity index (χ1n) is 15.8. The number of ether oxygens (including phenoxy) is 2. The van der Waals surface area contributed by atoms with Gasteiger partial charge in [-0.3, -0.25) is 4.79 Å². The SMILES string of the molecule is CCCC(F)(F)C(CCC[C@@H]1[C@@H](CC=CCCCC(=O)OC)[C@@H](O)C[C@H]1OC(=O)c1ccccc1)O[Si](C)(C)C(C)(C)C. The van der Waals surface area contributed by atoms with Crippen molar-refractivity contribution in [2.75, 3.05) is 7.11 Å². The van der Waals surface area contributed by atoms with Gasteiger partial charge in [-0.15, -0.1) is 0 Å². The molecule has 0 saturated heterocycles. The van der Waals surface area contributed by atoms with Gasteiger partial charge in [-0.25, -0.2) is 13.6 Å². The maximum Gasteiger partial charge on any atom is 0.338 e. The summed E-state index contributed by atoms with van der Waals surface area (Å²) in [5.41, 5.74) is 0.437. The van der Waals surface area contributed by atoms with E-state index in [-0.39, 0.29) is 35.7 Å². The van der Waals surface area contributed by atoms with Crippen LogP contribution in [0.15, 0.2) is 42.5 Å². The molecule has 5 atom stereocenters. The highest BCUT2D eigenvalue weighted by atomic mass is 28.4. The third kappa shape index (κ3) is 11.4. The van der Waals surface area contributed by atoms with E-state index in [1.54, 1.807) is 31.2 Å². The second-order valence-electron chi connectivity index (χ2n) is 13.4. The zero-order chi connectivity index (χ0) is 32.3. The van der Waals surface area contributed by atoms with Crippen molar-refractivity contribution in [3.8, 4) is 0 Å². The maximum absolute atomic E-state index is 15.4. The summed E-state index contributed by atoms with van der Waals surface area (Å²) in [4.78, 5) is 24.3. The number of esters is 2. The minimum Gasteiger partial charge on any atom is -0.469 e. The Labute approximate surface area is 258 Å². The highest BCUT2D eigenvalue weighted by molar-refractivity contribution is 6.74. The van der Waals surface area contributed by atoms with Crippen LogP contribution in [0.4, 0.5) is 8.78 Å². The number of alkyl halides is 2. The largest absolute Gasteiger partial charge is 0.469 e. The number of halogens is 2. The number of aliphatic hydroxyl groups excluding tert-OH is 1. The van der Waals surface area contributed by atoms with Gasteiger partial charge in [0.05, 0.1) is 18.8 Å². The summed E-state index contributed by atoms with van der Waals surface area (Å²) in [5, 5.41) is 10.8. The van der Waals surface area contributed by atoms with Crippen LogP contribution in [0.25, 0.3) is 0 Å². The zero-order valence-electron chi connectivity index (χ0n) is 27.2. The Kier molecular flexibility index (Phi) is 14.5. The number of unbranched alkanes of at least 4 members (excludes halogenated alkanes) is 1. The molecule has 244 valence electrons. The second-order valence-corrected chi connectivity index (χ2v) is 18.2. The van der Waals surface area contributed by atoms with Crippen molar-refractivity contribution >= 4 is 20.3 Å². The van der Waals surface area contributed by atoms with Gasteiger partial charge in [0.25, 0.3) is 5.92 Å². The molecule has 9 heteroatoms. The van der Waals surface area contributed by atoms with Crippen LogP contribution in [0, 0.1) is 11.8 Å². The summed E-state index contributed by atoms with van der Waals surface area (Å²) >= 11 is 0. The third-order valence-electron chi connectivity index (χ3n) is 9.12. The number of hydrogen-bond acceptors (Lipinski definition) is 6. The molecule has 1 aromatic carbocycles. The van der Waals surface area contributed by atoms with E-state index in [0.29, 0.717) is 56.9 Å². The summed E-state index contributed by atoms with van der Waals surface area (Å²) in [7, 11) is -1.08. The van der Waals surface area contributed by atoms with Gasteiger partial charge in [-0.1, -0.05) is 70.9 Å². The lowest BCUT2D eigenvalue weighted by Gasteiger charge is -2.41. The number of benzene rings is 1. The Morgan fingerprint density at radius 1 is 1.09 bits per heavy atom. The van der Waals surface area contributed by atoms with Crippen LogP contribution < -0.4 is 0 Å². The summed E-state index contributed by atoms with van der Waals surface area (Å²) in [6, 6.07) is 8.74. The fourth-order valence-electron chi connectivity index (χ4n) is 5.56. The van der Waals surface area contributed by atoms with E-state index < -0.39 is 38.5 Å². The smallest absolute Gasteiger partial charge is 0.338 e. The topological polar surface area (TPSA) is 82.1 Å². The van der Waals surface area contributed by atoms with Gasteiger partial charge in [0.1, 0.15) is 12.2 Å². The molecular formula is C34H54F2O6Si. The van der Waals surface area contributed by atoms with E-state index >= 15 is 8.78 Å². The van der Waals surface area contributed by atoms with Crippen molar-refractivity contribution in [1.29, 1.82) is 0 Å². The molecule has 1 fully saturated rings. The van der Waals surface area contributed by atoms with E-state index in [1.807, 2.05) is 52.1 Å². The van der Waals surface area contributed by atoms with Crippen LogP contribution in [0.1, 0.15) is 102 Å². The van der Waals surface area contributed by atoms with Crippen LogP contribution in [0.3, 0.4) is 0 Å². The van der Waals surface area contributed by atoms with E-state index in [4.69, 9.17) is 9.16 Å². The predicted octanol–water partition coefficient (Wildman–Crippen LogP) is 8.49. The highest BCUT2D eigenvalue weighted by Gasteiger charge is 2.48. The van der Waals surface area contributed by atoms with Gasteiger partial charge in [0, 0.05) is 25.2 Å². The molecule has 0 spiro atoms. The maximum atomic E-state index is 15.4. The first-order chi connectivity index (χ1) is 20.1. The van der Waals surface area contributed by atoms with Crippen molar-refractivity contribution in [2.24, 2.45) is 11.8 Å². The van der Waals surface area contributed by atoms with Crippen LogP contribution in [0.5, 0.6) is 0 Å². The average Bonchev–Trinajstić information content (AvgIpc) is 3.22. The Hall–Kier alpha value is -2.10. The fourth-order valence-corrected chi connectivity index (χ4v) is 6.91. The molecule has 1 saturated carbocycles. The van der Waals surface area contributed by atoms with Gasteiger partial charge in [0.2, 0.25) is 0 Å². The van der Waals surface area contributed by atoms with Crippen LogP contribution >= 0.6 is 0 Å². The number of carbonyl (C=O) groups is 2. The number of rotatable bonds is 17. The second kappa shape index (κ2) is 16.8. The zero-order valence-corrected chi connectivity index (χ0v) is 28.2. The lowest BCUT2D eigenvalue weighted by atomic mass is 9.85. The first-order valence-corrected chi connectivity index (χ1v) is 18.7. The molecule has 1 aromatic rings. The Morgan fingerprint density at radius 3 is 2.37 bits per heavy atom. The van der Waals surface area contributed by atoms with Crippen molar-refractivity contribution in [2.45, 2.75) is 134 Å². The Morgan fingerprint density at radius 2 is 1.77 bits per heavy atom. The Bertz CT molecular complexity index is 1020. The van der Waals surface area contributed by atoms with Gasteiger partial charge < -0.3 is 19.0 Å². The third-order valence-corrected chi connectivity index (χ3v) is 13.6. The normalized spacial score (nSPS) is 22.1. The molecule has 6 nitrogen and oxygen atoms in total. The monoisotopic (exact) mass is 624 g/mol. The molecule has 0 aromatic heterocycles. The standard InChI is InChI=1S/C34H54F2O6Si/c1-8-23-34(35,36)30(42-43(6,7)33(2,3)4)21-16-20-27-26(19-14-9-10-15-22-31(38)40-5)28(37)24-29(27)41-32(39)25-17-12-11-13-18-25/h9,11-14,17-18,26-30,37H,8,10,15-16,19-24H2,1-7H3/t26-,27-,28+,29-,30?/m1/s1. The first kappa shape index (κ1) is 37.1. The molecule has 43 heavy (non-hydrogen) atoms. The van der Waals surface area contributed by atoms with Gasteiger partial charge >= 0.3 is 11.9 Å². The molecule has 0 heterocycles. The molecule has 1 unspecified atom stereocenters. The van der Waals surface area contributed by atoms with Crippen LogP contribution in [-0.2, 0) is 18.7 Å². The van der Waals surface area contributed by atoms with Crippen molar-refractivity contribution < 1.29 is 37.4 Å². The van der Waals surface area contributed by atoms with E-state index in [1.165, 1.54) is 7.11 Å². The molecule has 2 rings (SSSR count). The number of carbonyl (C=O) groups excluding carboxylic acids is 2. The molecule has 0 aliphatic heterocycles. The lowest BCUT2D eigenvalue weighted by molar-refractivity contribution is -0.140. The lowest BCUT2D eigenvalue weighted by Crippen LogP contribution is -2.49. The van der Waals surface area contributed by atoms with E-state index in [0.717, 1.165) is 0 Å². The molecule has 0 bridgehead atoms. The highest BCUT2D eigenvalue weighted by Crippen LogP contribution is 2.43. The van der Waals surface area contributed by atoms with E-state index in [2.05, 4.69) is 4.74 Å². The molecule has 1 N–H and O–H groups in total. The number of methoxy groups -OCH3 is 1. The summed E-state index contributed by atoms with van der Waals surface area (Å²) in [5.74, 6) is -4.00. The molecule has 0 radical (unpaired) electrons. The fraction of sp³-hybridized carbons (Fsp3) is 0.706. The average molecular weight is 625 g/mol.